The third kappa shape index (κ3) is 6.49. The average Bonchev–Trinajstić information content (AvgIpc) is 2.38. The van der Waals surface area contributed by atoms with Gasteiger partial charge in [-0.2, -0.15) is 0 Å². The first-order valence-electron chi connectivity index (χ1n) is 5.88. The van der Waals surface area contributed by atoms with Crippen LogP contribution in [0.15, 0.2) is 33.6 Å². The van der Waals surface area contributed by atoms with Crippen LogP contribution < -0.4 is 4.72 Å². The van der Waals surface area contributed by atoms with Crippen molar-refractivity contribution in [1.82, 2.24) is 4.72 Å². The highest BCUT2D eigenvalue weighted by Gasteiger charge is 2.12. The van der Waals surface area contributed by atoms with Crippen LogP contribution in [0.4, 0.5) is 0 Å². The molecule has 0 saturated carbocycles. The van der Waals surface area contributed by atoms with Crippen molar-refractivity contribution in [3.63, 3.8) is 0 Å². The van der Waals surface area contributed by atoms with Gasteiger partial charge in [-0.3, -0.25) is 0 Å². The summed E-state index contributed by atoms with van der Waals surface area (Å²) in [4.78, 5) is 0.260. The summed E-state index contributed by atoms with van der Waals surface area (Å²) in [5.74, 6) is 0. The predicted molar refractivity (Wildman–Crippen MR) is 76.6 cm³/mol. The van der Waals surface area contributed by atoms with Gasteiger partial charge >= 0.3 is 0 Å². The van der Waals surface area contributed by atoms with Crippen LogP contribution in [0.5, 0.6) is 0 Å². The third-order valence-corrected chi connectivity index (χ3v) is 4.32. The van der Waals surface area contributed by atoms with E-state index in [9.17, 15) is 8.42 Å². The molecule has 0 radical (unpaired) electrons. The van der Waals surface area contributed by atoms with Gasteiger partial charge in [0.15, 0.2) is 0 Å². The Balaban J connectivity index is 2.29. The van der Waals surface area contributed by atoms with Crippen molar-refractivity contribution in [2.45, 2.75) is 11.3 Å². The van der Waals surface area contributed by atoms with Gasteiger partial charge in [0.1, 0.15) is 0 Å². The summed E-state index contributed by atoms with van der Waals surface area (Å²) in [5, 5.41) is 0. The molecule has 0 spiro atoms. The average molecular weight is 352 g/mol. The van der Waals surface area contributed by atoms with Gasteiger partial charge in [-0.15, -0.1) is 0 Å². The maximum Gasteiger partial charge on any atom is 0.240 e. The summed E-state index contributed by atoms with van der Waals surface area (Å²) in [6, 6.07) is 6.51. The van der Waals surface area contributed by atoms with Crippen molar-refractivity contribution in [2.24, 2.45) is 0 Å². The van der Waals surface area contributed by atoms with Crippen molar-refractivity contribution in [2.75, 3.05) is 33.5 Å². The summed E-state index contributed by atoms with van der Waals surface area (Å²) in [6.07, 6.45) is 0.624. The number of hydrogen-bond acceptors (Lipinski definition) is 4. The van der Waals surface area contributed by atoms with Crippen molar-refractivity contribution < 1.29 is 17.9 Å². The zero-order valence-electron chi connectivity index (χ0n) is 10.8. The molecule has 5 nitrogen and oxygen atoms in total. The summed E-state index contributed by atoms with van der Waals surface area (Å²) in [5.41, 5.74) is 0. The van der Waals surface area contributed by atoms with E-state index < -0.39 is 10.0 Å². The second kappa shape index (κ2) is 8.65. The number of methoxy groups -OCH3 is 1. The standard InChI is InChI=1S/C12H18BrNO4S/c1-17-9-10-18-8-2-7-14-19(15,16)12-5-3-11(13)4-6-12/h3-6,14H,2,7-10H2,1H3. The van der Waals surface area contributed by atoms with Gasteiger partial charge < -0.3 is 9.47 Å². The lowest BCUT2D eigenvalue weighted by Gasteiger charge is -2.07. The number of sulfonamides is 1. The fraction of sp³-hybridized carbons (Fsp3) is 0.500. The van der Waals surface area contributed by atoms with Gasteiger partial charge in [-0.05, 0) is 30.7 Å². The minimum Gasteiger partial charge on any atom is -0.382 e. The van der Waals surface area contributed by atoms with E-state index in [1.54, 1.807) is 31.4 Å². The largest absolute Gasteiger partial charge is 0.382 e. The molecule has 0 amide bonds. The number of halogens is 1. The summed E-state index contributed by atoms with van der Waals surface area (Å²) in [6.45, 7) is 1.93. The van der Waals surface area contributed by atoms with Crippen LogP contribution in [0.3, 0.4) is 0 Å². The molecule has 108 valence electrons. The lowest BCUT2D eigenvalue weighted by molar-refractivity contribution is 0.0699. The minimum atomic E-state index is -3.43. The highest BCUT2D eigenvalue weighted by molar-refractivity contribution is 9.10. The SMILES string of the molecule is COCCOCCCNS(=O)(=O)c1ccc(Br)cc1. The van der Waals surface area contributed by atoms with Crippen LogP contribution in [0.2, 0.25) is 0 Å². The zero-order chi connectivity index (χ0) is 14.1. The van der Waals surface area contributed by atoms with Crippen LogP contribution >= 0.6 is 15.9 Å². The maximum atomic E-state index is 11.9. The third-order valence-electron chi connectivity index (χ3n) is 2.31. The molecule has 1 rings (SSSR count). The Morgan fingerprint density at radius 2 is 1.84 bits per heavy atom. The molecule has 0 aliphatic carbocycles. The van der Waals surface area contributed by atoms with Gasteiger partial charge in [-0.25, -0.2) is 13.1 Å². The second-order valence-corrected chi connectivity index (χ2v) is 6.49. The van der Waals surface area contributed by atoms with E-state index in [2.05, 4.69) is 20.7 Å². The quantitative estimate of drug-likeness (QED) is 0.688. The highest BCUT2D eigenvalue weighted by atomic mass is 79.9. The van der Waals surface area contributed by atoms with Crippen LogP contribution in [0.1, 0.15) is 6.42 Å². The highest BCUT2D eigenvalue weighted by Crippen LogP contribution is 2.14. The molecule has 7 heteroatoms. The molecule has 0 aromatic heterocycles. The lowest BCUT2D eigenvalue weighted by Crippen LogP contribution is -2.25. The van der Waals surface area contributed by atoms with E-state index in [0.29, 0.717) is 32.8 Å². The summed E-state index contributed by atoms with van der Waals surface area (Å²) in [7, 11) is -1.82. The first-order valence-corrected chi connectivity index (χ1v) is 8.16. The molecule has 0 heterocycles. The number of rotatable bonds is 9. The van der Waals surface area contributed by atoms with E-state index in [0.717, 1.165) is 4.47 Å². The van der Waals surface area contributed by atoms with Crippen molar-refractivity contribution in [3.05, 3.63) is 28.7 Å². The molecule has 0 atom stereocenters. The number of ether oxygens (including phenoxy) is 2. The van der Waals surface area contributed by atoms with Crippen LogP contribution in [-0.2, 0) is 19.5 Å². The molecular formula is C12H18BrNO4S. The van der Waals surface area contributed by atoms with E-state index in [4.69, 9.17) is 9.47 Å². The second-order valence-electron chi connectivity index (χ2n) is 3.81. The van der Waals surface area contributed by atoms with Crippen LogP contribution in [0.25, 0.3) is 0 Å². The Bertz CT molecular complexity index is 461. The van der Waals surface area contributed by atoms with Crippen molar-refractivity contribution in [3.8, 4) is 0 Å². The fourth-order valence-corrected chi connectivity index (χ4v) is 2.66. The van der Waals surface area contributed by atoms with E-state index in [1.165, 1.54) is 0 Å². The molecule has 19 heavy (non-hydrogen) atoms. The normalized spacial score (nSPS) is 11.7. The Kier molecular flexibility index (Phi) is 7.55. The Morgan fingerprint density at radius 1 is 1.16 bits per heavy atom. The zero-order valence-corrected chi connectivity index (χ0v) is 13.2. The molecule has 0 aliphatic rings. The van der Waals surface area contributed by atoms with E-state index >= 15 is 0 Å². The topological polar surface area (TPSA) is 64.6 Å². The van der Waals surface area contributed by atoms with E-state index in [1.807, 2.05) is 0 Å². The van der Waals surface area contributed by atoms with Crippen LogP contribution in [-0.4, -0.2) is 41.9 Å². The molecule has 0 unspecified atom stereocenters. The molecule has 0 bridgehead atoms. The molecule has 1 N–H and O–H groups in total. The fourth-order valence-electron chi connectivity index (χ4n) is 1.32. The Labute approximate surface area is 122 Å². The van der Waals surface area contributed by atoms with E-state index in [-0.39, 0.29) is 4.90 Å². The first kappa shape index (κ1) is 16.6. The van der Waals surface area contributed by atoms with Gasteiger partial charge in [0.25, 0.3) is 0 Å². The summed E-state index contributed by atoms with van der Waals surface area (Å²) >= 11 is 3.26. The number of hydrogen-bond donors (Lipinski definition) is 1. The van der Waals surface area contributed by atoms with Crippen LogP contribution in [0, 0.1) is 0 Å². The van der Waals surface area contributed by atoms with Gasteiger partial charge in [0, 0.05) is 24.7 Å². The van der Waals surface area contributed by atoms with Gasteiger partial charge in [0.05, 0.1) is 18.1 Å². The Morgan fingerprint density at radius 3 is 2.47 bits per heavy atom. The number of benzene rings is 1. The van der Waals surface area contributed by atoms with Gasteiger partial charge in [0.2, 0.25) is 10.0 Å². The lowest BCUT2D eigenvalue weighted by atomic mass is 10.4. The smallest absolute Gasteiger partial charge is 0.240 e. The molecule has 0 aliphatic heterocycles. The van der Waals surface area contributed by atoms with Gasteiger partial charge in [-0.1, -0.05) is 15.9 Å². The molecule has 0 fully saturated rings. The molecule has 0 saturated heterocycles. The van der Waals surface area contributed by atoms with Crippen molar-refractivity contribution >= 4 is 26.0 Å². The molecule has 1 aromatic carbocycles. The Hall–Kier alpha value is -0.470. The van der Waals surface area contributed by atoms with Crippen molar-refractivity contribution in [1.29, 1.82) is 0 Å². The number of nitrogens with one attached hydrogen (secondary N) is 1. The molecular weight excluding hydrogens is 334 g/mol. The predicted octanol–water partition coefficient (Wildman–Crippen LogP) is 1.78. The molecule has 1 aromatic rings. The summed E-state index contributed by atoms with van der Waals surface area (Å²) < 4.78 is 37.2. The first-order chi connectivity index (χ1) is 9.06. The monoisotopic (exact) mass is 351 g/mol. The maximum absolute atomic E-state index is 11.9. The minimum absolute atomic E-state index is 0.260.